The average Bonchev–Trinajstić information content (AvgIpc) is 4.06. The number of esters is 1. The first-order chi connectivity index (χ1) is 33.0. The maximum absolute atomic E-state index is 14.5. The van der Waals surface area contributed by atoms with Gasteiger partial charge >= 0.3 is 5.97 Å². The van der Waals surface area contributed by atoms with Gasteiger partial charge in [0.2, 0.25) is 17.7 Å². The topological polar surface area (TPSA) is 208 Å². The lowest BCUT2D eigenvalue weighted by molar-refractivity contribution is -0.141. The number of hydrogen-bond donors (Lipinski definition) is 5. The van der Waals surface area contributed by atoms with Crippen LogP contribution < -0.4 is 20.9 Å². The van der Waals surface area contributed by atoms with Crippen molar-refractivity contribution < 1.29 is 33.5 Å². The molecule has 0 radical (unpaired) electrons. The first kappa shape index (κ1) is 50.8. The van der Waals surface area contributed by atoms with Gasteiger partial charge in [-0.2, -0.15) is 0 Å². The van der Waals surface area contributed by atoms with Crippen molar-refractivity contribution in [1.29, 1.82) is 0 Å². The number of nitrogens with one attached hydrogen (secondary N) is 5. The fourth-order valence-corrected chi connectivity index (χ4v) is 10.7. The molecule has 2 unspecified atom stereocenters. The number of alkyl halides is 2. The Bertz CT molecular complexity index is 2830. The van der Waals surface area contributed by atoms with Crippen LogP contribution in [0.25, 0.3) is 22.1 Å². The number of amides is 3. The number of ether oxygens (including phenoxy) is 1. The predicted octanol–water partition coefficient (Wildman–Crippen LogP) is 7.82. The van der Waals surface area contributed by atoms with Crippen LogP contribution in [0.3, 0.4) is 0 Å². The molecule has 3 aliphatic rings. The minimum absolute atomic E-state index is 0.0361. The van der Waals surface area contributed by atoms with Crippen molar-refractivity contribution in [1.82, 2.24) is 35.9 Å². The monoisotopic (exact) mass is 980 g/mol. The van der Waals surface area contributed by atoms with E-state index in [0.717, 1.165) is 34.6 Å². The summed E-state index contributed by atoms with van der Waals surface area (Å²) in [5.41, 5.74) is 9.75. The summed E-state index contributed by atoms with van der Waals surface area (Å²) in [6.07, 6.45) is 1.18. The fraction of sp³-hybridized carbons (Fsp3) is 0.462. The third kappa shape index (κ3) is 10.4. The van der Waals surface area contributed by atoms with Gasteiger partial charge in [-0.05, 0) is 80.6 Å². The summed E-state index contributed by atoms with van der Waals surface area (Å²) in [5.74, 6) is -3.43. The summed E-state index contributed by atoms with van der Waals surface area (Å²) < 4.78 is 5.29. The van der Waals surface area contributed by atoms with Gasteiger partial charge in [-0.3, -0.25) is 38.7 Å². The van der Waals surface area contributed by atoms with E-state index in [1.807, 2.05) is 63.2 Å². The zero-order valence-corrected chi connectivity index (χ0v) is 42.0. The van der Waals surface area contributed by atoms with E-state index in [1.54, 1.807) is 6.92 Å². The maximum atomic E-state index is 14.5. The summed E-state index contributed by atoms with van der Waals surface area (Å²) in [5, 5.41) is 8.49. The van der Waals surface area contributed by atoms with Crippen molar-refractivity contribution in [2.75, 3.05) is 49.9 Å². The zero-order chi connectivity index (χ0) is 49.8. The van der Waals surface area contributed by atoms with Crippen LogP contribution in [0.5, 0.6) is 0 Å². The lowest BCUT2D eigenvalue weighted by Crippen LogP contribution is -2.49. The Kier molecular flexibility index (Phi) is 16.0. The largest absolute Gasteiger partial charge is 0.468 e. The van der Waals surface area contributed by atoms with E-state index in [9.17, 15) is 28.8 Å². The number of nitrogens with zero attached hydrogens (tertiary/aromatic N) is 3. The van der Waals surface area contributed by atoms with Gasteiger partial charge in [0.25, 0.3) is 0 Å². The zero-order valence-electron chi connectivity index (χ0n) is 40.5. The number of methoxy groups -OCH3 is 1. The highest BCUT2D eigenvalue weighted by Crippen LogP contribution is 2.48. The molecular weight excluding hydrogens is 920 g/mol. The highest BCUT2D eigenvalue weighted by molar-refractivity contribution is 6.23. The molecule has 15 nitrogen and oxygen atoms in total. The Morgan fingerprint density at radius 3 is 2.09 bits per heavy atom. The fourth-order valence-electron chi connectivity index (χ4n) is 10.3. The van der Waals surface area contributed by atoms with E-state index in [4.69, 9.17) is 37.9 Å². The Balaban J connectivity index is 1.30. The van der Waals surface area contributed by atoms with Crippen LogP contribution in [-0.2, 0) is 30.3 Å². The van der Waals surface area contributed by atoms with Gasteiger partial charge in [-0.1, -0.05) is 32.9 Å². The van der Waals surface area contributed by atoms with E-state index in [0.29, 0.717) is 80.6 Å². The number of aromatic amines is 2. The number of aryl methyl sites for hydroxylation is 2. The Morgan fingerprint density at radius 1 is 0.826 bits per heavy atom. The van der Waals surface area contributed by atoms with Gasteiger partial charge in [0.15, 0.2) is 11.6 Å². The first-order valence-electron chi connectivity index (χ1n) is 23.7. The number of rotatable bonds is 18. The number of aromatic nitrogens is 4. The van der Waals surface area contributed by atoms with E-state index < -0.39 is 41.4 Å². The lowest BCUT2D eigenvalue weighted by atomic mass is 9.83. The van der Waals surface area contributed by atoms with Crippen molar-refractivity contribution >= 4 is 86.2 Å². The van der Waals surface area contributed by atoms with E-state index >= 15 is 0 Å². The Labute approximate surface area is 412 Å². The highest BCUT2D eigenvalue weighted by Gasteiger charge is 2.45. The van der Waals surface area contributed by atoms with Crippen LogP contribution in [0.15, 0.2) is 42.5 Å². The van der Waals surface area contributed by atoms with Crippen LogP contribution in [0.2, 0.25) is 0 Å². The predicted molar refractivity (Wildman–Crippen MR) is 269 cm³/mol. The number of hydrogen-bond acceptors (Lipinski definition) is 10. The van der Waals surface area contributed by atoms with Crippen LogP contribution in [0, 0.1) is 13.8 Å². The third-order valence-corrected chi connectivity index (χ3v) is 14.4. The van der Waals surface area contributed by atoms with Gasteiger partial charge in [0.1, 0.15) is 12.0 Å². The second kappa shape index (κ2) is 21.7. The second-order valence-corrected chi connectivity index (χ2v) is 19.1. The molecule has 0 saturated carbocycles. The number of Topliss-reactive ketones (excluding diaryl/α,β-unsaturated/α-hetero) is 2. The van der Waals surface area contributed by atoms with Crippen molar-refractivity contribution in [3.8, 4) is 0 Å². The number of ketones is 2. The molecule has 0 saturated heterocycles. The van der Waals surface area contributed by atoms with Crippen LogP contribution in [-0.4, -0.2) is 106 Å². The van der Waals surface area contributed by atoms with Crippen LogP contribution >= 0.6 is 23.2 Å². The molecule has 17 heteroatoms. The van der Waals surface area contributed by atoms with E-state index in [-0.39, 0.29) is 61.8 Å². The number of carbonyl (C=O) groups excluding carboxylic acids is 6. The molecule has 2 aliphatic heterocycles. The SMILES string of the molecule is CC[C@H]1c2cc3[nH]c4c(c3C)C(=O)C(C(=O)OC)c4c3nc(cc4[nH]c(cc(n2)[C@@H]1C)c(C(C)=O)c4C)[C@@H](C)[C@@H]3CCC(=O)NC(Cc1ccc(N(CCCl)CCCl)cc1)C(=O)NCCNC(C)=O. The molecule has 69 heavy (non-hydrogen) atoms. The summed E-state index contributed by atoms with van der Waals surface area (Å²) in [6, 6.07) is 12.5. The van der Waals surface area contributed by atoms with Crippen molar-refractivity contribution in [2.24, 2.45) is 0 Å². The first-order valence-corrected chi connectivity index (χ1v) is 24.8. The maximum Gasteiger partial charge on any atom is 0.321 e. The normalized spacial score (nSPS) is 18.7. The van der Waals surface area contributed by atoms with Crippen LogP contribution in [0.4, 0.5) is 5.69 Å². The standard InChI is InChI=1S/C52H62Cl2N8O7/c1-9-34-26(2)36-25-41-44(30(6)63)28(4)38(58-41)23-37-27(3)35(48(60-37)46-47(52(68)69-8)50(66)45-29(5)39(61-49(45)46)24-40(34)57-36)14-15-43(65)59-42(51(67)56-19-18-55-31(7)64)22-32-10-12-33(13-11-32)62(20-16-53)21-17-54/h10-13,23-27,34-35,42,47,58,61H,9,14-22H2,1-8H3,(H,55,64)(H,56,67)(H,59,65)/t26-,27+,34-,35+,42?,47?/m1/s1. The highest BCUT2D eigenvalue weighted by atomic mass is 35.5. The molecule has 4 aromatic rings. The molecule has 3 aromatic heterocycles. The molecule has 5 heterocycles. The van der Waals surface area contributed by atoms with Gasteiger partial charge in [0, 0.05) is 132 Å². The number of H-pyrrole nitrogens is 2. The molecule has 1 aliphatic carbocycles. The molecular formula is C52H62Cl2N8O7. The minimum atomic E-state index is -1.30. The summed E-state index contributed by atoms with van der Waals surface area (Å²) in [7, 11) is 1.25. The molecule has 3 amide bonds. The lowest BCUT2D eigenvalue weighted by Gasteiger charge is -2.24. The van der Waals surface area contributed by atoms with E-state index in [1.165, 1.54) is 14.0 Å². The van der Waals surface area contributed by atoms with Gasteiger partial charge in [-0.15, -0.1) is 23.2 Å². The van der Waals surface area contributed by atoms with Gasteiger partial charge in [0.05, 0.1) is 23.8 Å². The molecule has 8 bridgehead atoms. The second-order valence-electron chi connectivity index (χ2n) is 18.3. The number of carbonyl (C=O) groups is 6. The van der Waals surface area contributed by atoms with E-state index in [2.05, 4.69) is 44.7 Å². The summed E-state index contributed by atoms with van der Waals surface area (Å²) in [4.78, 5) is 101. The Morgan fingerprint density at radius 2 is 1.45 bits per heavy atom. The van der Waals surface area contributed by atoms with Crippen molar-refractivity contribution in [2.45, 2.75) is 110 Å². The molecule has 5 N–H and O–H groups in total. The minimum Gasteiger partial charge on any atom is -0.468 e. The average molecular weight is 982 g/mol. The molecule has 366 valence electrons. The molecule has 7 rings (SSSR count). The number of anilines is 1. The number of benzene rings is 1. The smallest absolute Gasteiger partial charge is 0.321 e. The van der Waals surface area contributed by atoms with Crippen molar-refractivity contribution in [3.63, 3.8) is 0 Å². The molecule has 6 atom stereocenters. The summed E-state index contributed by atoms with van der Waals surface area (Å²) in [6.45, 7) is 14.5. The Hall–Kier alpha value is -6.06. The number of halogens is 2. The van der Waals surface area contributed by atoms with Crippen LogP contribution in [0.1, 0.15) is 149 Å². The number of fused-ring (bicyclic) bond motifs is 8. The molecule has 0 spiro atoms. The molecule has 0 fully saturated rings. The van der Waals surface area contributed by atoms with Gasteiger partial charge in [-0.25, -0.2) is 0 Å². The molecule has 1 aromatic carbocycles. The van der Waals surface area contributed by atoms with Crippen molar-refractivity contribution in [3.05, 3.63) is 98.6 Å². The summed E-state index contributed by atoms with van der Waals surface area (Å²) >= 11 is 12.1. The quantitative estimate of drug-likeness (QED) is 0.0215. The third-order valence-electron chi connectivity index (χ3n) is 14.0. The van der Waals surface area contributed by atoms with Gasteiger partial charge < -0.3 is 35.6 Å².